The van der Waals surface area contributed by atoms with Crippen LogP contribution in [0.15, 0.2) is 29.4 Å². The Balaban J connectivity index is 1.47. The first-order chi connectivity index (χ1) is 14.2. The number of H-pyrrole nitrogens is 1. The molecule has 1 aliphatic carbocycles. The second-order valence-electron chi connectivity index (χ2n) is 7.57. The number of aromatic amines is 1. The Hall–Kier alpha value is -2.18. The van der Waals surface area contributed by atoms with Crippen LogP contribution in [0.2, 0.25) is 0 Å². The van der Waals surface area contributed by atoms with Gasteiger partial charge in [-0.25, -0.2) is 9.97 Å². The maximum atomic E-state index is 13.1. The van der Waals surface area contributed by atoms with E-state index in [-0.39, 0.29) is 5.78 Å². The fourth-order valence-electron chi connectivity index (χ4n) is 4.28. The number of aromatic nitrogens is 3. The molecule has 29 heavy (non-hydrogen) atoms. The predicted molar refractivity (Wildman–Crippen MR) is 122 cm³/mol. The number of fused-ring (bicyclic) bond motifs is 4. The number of nitrogens with zero attached hydrogens (tertiary/aromatic N) is 2. The SMILES string of the molecule is CCc1cccc2c(C(=O)CSc3nc(C)nc4sc5c(c34)CCCC5)c[nH]c12. The van der Waals surface area contributed by atoms with Crippen molar-refractivity contribution in [2.75, 3.05) is 5.75 Å². The third kappa shape index (κ3) is 3.28. The van der Waals surface area contributed by atoms with Gasteiger partial charge in [-0.05, 0) is 50.2 Å². The lowest BCUT2D eigenvalue weighted by Gasteiger charge is -2.11. The number of benzene rings is 1. The van der Waals surface area contributed by atoms with Crippen molar-refractivity contribution in [3.8, 4) is 0 Å². The van der Waals surface area contributed by atoms with Gasteiger partial charge in [-0.15, -0.1) is 11.3 Å². The summed E-state index contributed by atoms with van der Waals surface area (Å²) in [6, 6.07) is 6.18. The quantitative estimate of drug-likeness (QED) is 0.248. The summed E-state index contributed by atoms with van der Waals surface area (Å²) in [6.45, 7) is 4.08. The molecule has 0 spiro atoms. The van der Waals surface area contributed by atoms with E-state index in [1.165, 1.54) is 34.2 Å². The number of hydrogen-bond acceptors (Lipinski definition) is 5. The van der Waals surface area contributed by atoms with E-state index in [0.717, 1.165) is 51.4 Å². The predicted octanol–water partition coefficient (Wildman–Crippen LogP) is 5.90. The highest BCUT2D eigenvalue weighted by Gasteiger charge is 2.22. The minimum atomic E-state index is 0.142. The molecule has 4 aromatic rings. The third-order valence-corrected chi connectivity index (χ3v) is 7.88. The molecular weight excluding hydrogens is 398 g/mol. The molecule has 148 valence electrons. The molecule has 0 atom stereocenters. The monoisotopic (exact) mass is 421 g/mol. The Labute approximate surface area is 178 Å². The zero-order chi connectivity index (χ0) is 20.0. The molecule has 3 aromatic heterocycles. The fraction of sp³-hybridized carbons (Fsp3) is 0.348. The fourth-order valence-corrected chi connectivity index (χ4v) is 6.64. The average Bonchev–Trinajstić information content (AvgIpc) is 3.32. The number of thioether (sulfide) groups is 1. The second kappa shape index (κ2) is 7.58. The van der Waals surface area contributed by atoms with Crippen LogP contribution in [0.5, 0.6) is 0 Å². The first-order valence-electron chi connectivity index (χ1n) is 10.2. The summed E-state index contributed by atoms with van der Waals surface area (Å²) in [5, 5.41) is 3.18. The van der Waals surface area contributed by atoms with Crippen molar-refractivity contribution in [1.29, 1.82) is 0 Å². The maximum Gasteiger partial charge on any atom is 0.175 e. The number of ketones is 1. The van der Waals surface area contributed by atoms with Crippen molar-refractivity contribution >= 4 is 50.0 Å². The molecule has 0 fully saturated rings. The number of aryl methyl sites for hydroxylation is 4. The smallest absolute Gasteiger partial charge is 0.175 e. The van der Waals surface area contributed by atoms with Gasteiger partial charge in [-0.2, -0.15) is 0 Å². The van der Waals surface area contributed by atoms with Gasteiger partial charge in [0.25, 0.3) is 0 Å². The molecule has 0 aliphatic heterocycles. The molecule has 6 heteroatoms. The highest BCUT2D eigenvalue weighted by atomic mass is 32.2. The highest BCUT2D eigenvalue weighted by Crippen LogP contribution is 2.39. The van der Waals surface area contributed by atoms with Crippen molar-refractivity contribution in [3.63, 3.8) is 0 Å². The molecule has 0 radical (unpaired) electrons. The van der Waals surface area contributed by atoms with Crippen LogP contribution in [-0.2, 0) is 19.3 Å². The molecule has 1 aromatic carbocycles. The van der Waals surface area contributed by atoms with Crippen LogP contribution in [-0.4, -0.2) is 26.5 Å². The number of hydrogen-bond donors (Lipinski definition) is 1. The largest absolute Gasteiger partial charge is 0.360 e. The van der Waals surface area contributed by atoms with Crippen LogP contribution in [0.1, 0.15) is 52.0 Å². The zero-order valence-corrected chi connectivity index (χ0v) is 18.3. The van der Waals surface area contributed by atoms with E-state index in [1.54, 1.807) is 11.8 Å². The molecule has 5 rings (SSSR count). The molecular formula is C23H23N3OS2. The van der Waals surface area contributed by atoms with E-state index in [4.69, 9.17) is 4.98 Å². The molecule has 0 saturated carbocycles. The van der Waals surface area contributed by atoms with Crippen molar-refractivity contribution in [2.24, 2.45) is 0 Å². The van der Waals surface area contributed by atoms with E-state index in [9.17, 15) is 4.79 Å². The topological polar surface area (TPSA) is 58.6 Å². The Morgan fingerprint density at radius 3 is 2.97 bits per heavy atom. The number of carbonyl (C=O) groups is 1. The van der Waals surface area contributed by atoms with Crippen LogP contribution in [0.25, 0.3) is 21.1 Å². The maximum absolute atomic E-state index is 13.1. The molecule has 4 nitrogen and oxygen atoms in total. The summed E-state index contributed by atoms with van der Waals surface area (Å²) in [5.41, 5.74) is 4.52. The highest BCUT2D eigenvalue weighted by molar-refractivity contribution is 8.00. The molecule has 1 N–H and O–H groups in total. The summed E-state index contributed by atoms with van der Waals surface area (Å²) in [7, 11) is 0. The normalized spacial score (nSPS) is 13.9. The Kier molecular flexibility index (Phi) is 4.92. The van der Waals surface area contributed by atoms with E-state index in [2.05, 4.69) is 23.0 Å². The lowest BCUT2D eigenvalue weighted by atomic mass is 9.97. The number of para-hydroxylation sites is 1. The Morgan fingerprint density at radius 2 is 2.10 bits per heavy atom. The second-order valence-corrected chi connectivity index (χ2v) is 9.62. The van der Waals surface area contributed by atoms with E-state index in [0.29, 0.717) is 5.75 Å². The van der Waals surface area contributed by atoms with Crippen LogP contribution >= 0.6 is 23.1 Å². The van der Waals surface area contributed by atoms with Crippen LogP contribution in [0, 0.1) is 6.92 Å². The molecule has 0 saturated heterocycles. The number of thiophene rings is 1. The van der Waals surface area contributed by atoms with Crippen molar-refractivity contribution < 1.29 is 4.79 Å². The first kappa shape index (κ1) is 18.8. The average molecular weight is 422 g/mol. The van der Waals surface area contributed by atoms with Gasteiger partial charge < -0.3 is 4.98 Å². The molecule has 0 bridgehead atoms. The van der Waals surface area contributed by atoms with E-state index in [1.807, 2.05) is 36.6 Å². The van der Waals surface area contributed by atoms with Crippen LogP contribution < -0.4 is 0 Å². The Bertz CT molecular complexity index is 1240. The van der Waals surface area contributed by atoms with Gasteiger partial charge in [0.1, 0.15) is 15.7 Å². The Morgan fingerprint density at radius 1 is 1.24 bits per heavy atom. The van der Waals surface area contributed by atoms with Gasteiger partial charge in [0.05, 0.1) is 5.75 Å². The molecule has 1 aliphatic rings. The minimum Gasteiger partial charge on any atom is -0.360 e. The molecule has 0 amide bonds. The van der Waals surface area contributed by atoms with Gasteiger partial charge >= 0.3 is 0 Å². The van der Waals surface area contributed by atoms with Crippen molar-refractivity contribution in [2.45, 2.75) is 51.0 Å². The molecule has 0 unspecified atom stereocenters. The first-order valence-corrected chi connectivity index (χ1v) is 12.0. The van der Waals surface area contributed by atoms with Gasteiger partial charge in [0.2, 0.25) is 0 Å². The van der Waals surface area contributed by atoms with Crippen molar-refractivity contribution in [3.05, 3.63) is 51.8 Å². The van der Waals surface area contributed by atoms with Gasteiger partial charge in [-0.3, -0.25) is 4.79 Å². The lowest BCUT2D eigenvalue weighted by molar-refractivity contribution is 0.102. The summed E-state index contributed by atoms with van der Waals surface area (Å²) in [4.78, 5) is 28.3. The summed E-state index contributed by atoms with van der Waals surface area (Å²) < 4.78 is 0. The third-order valence-electron chi connectivity index (χ3n) is 5.72. The zero-order valence-electron chi connectivity index (χ0n) is 16.7. The number of carbonyl (C=O) groups excluding carboxylic acids is 1. The van der Waals surface area contributed by atoms with Crippen molar-refractivity contribution in [1.82, 2.24) is 15.0 Å². The van der Waals surface area contributed by atoms with Crippen LogP contribution in [0.4, 0.5) is 0 Å². The summed E-state index contributed by atoms with van der Waals surface area (Å²) >= 11 is 3.37. The van der Waals surface area contributed by atoms with Crippen LogP contribution in [0.3, 0.4) is 0 Å². The van der Waals surface area contributed by atoms with E-state index >= 15 is 0 Å². The van der Waals surface area contributed by atoms with Gasteiger partial charge in [-0.1, -0.05) is 36.9 Å². The summed E-state index contributed by atoms with van der Waals surface area (Å²) in [6.07, 6.45) is 7.54. The lowest BCUT2D eigenvalue weighted by Crippen LogP contribution is -2.03. The van der Waals surface area contributed by atoms with E-state index < -0.39 is 0 Å². The molecule has 3 heterocycles. The number of rotatable bonds is 5. The van der Waals surface area contributed by atoms with Gasteiger partial charge in [0.15, 0.2) is 5.78 Å². The number of Topliss-reactive ketones (excluding diaryl/α,β-unsaturated/α-hetero) is 1. The number of nitrogens with one attached hydrogen (secondary N) is 1. The standard InChI is InChI=1S/C23H23N3OS2/c1-3-14-7-6-9-15-17(11-24-21(14)15)18(27)12-28-22-20-16-8-4-5-10-19(16)29-23(20)26-13(2)25-22/h6-7,9,11,24H,3-5,8,10,12H2,1-2H3. The minimum absolute atomic E-state index is 0.142. The summed E-state index contributed by atoms with van der Waals surface area (Å²) in [5.74, 6) is 1.31. The van der Waals surface area contributed by atoms with Gasteiger partial charge in [0, 0.05) is 32.9 Å².